The van der Waals surface area contributed by atoms with Crippen LogP contribution in [-0.4, -0.2) is 67.5 Å². The van der Waals surface area contributed by atoms with Gasteiger partial charge in [0.2, 0.25) is 10.0 Å². The van der Waals surface area contributed by atoms with Crippen LogP contribution in [0.4, 0.5) is 10.1 Å². The van der Waals surface area contributed by atoms with E-state index in [-0.39, 0.29) is 12.5 Å². The summed E-state index contributed by atoms with van der Waals surface area (Å²) in [5.41, 5.74) is 1.83. The molecule has 1 N–H and O–H groups in total. The summed E-state index contributed by atoms with van der Waals surface area (Å²) in [6.07, 6.45) is 1.09. The van der Waals surface area contributed by atoms with Crippen molar-refractivity contribution in [1.29, 1.82) is 0 Å². The lowest BCUT2D eigenvalue weighted by molar-refractivity contribution is -0.139. The normalized spacial score (nSPS) is 22.3. The number of nitrogens with zero attached hydrogens (tertiary/aromatic N) is 3. The molecule has 0 aliphatic carbocycles. The van der Waals surface area contributed by atoms with Gasteiger partial charge in [-0.3, -0.25) is 4.79 Å². The number of hydrogen-bond acceptors (Lipinski definition) is 5. The Hall–Kier alpha value is -2.49. The monoisotopic (exact) mass is 489 g/mol. The van der Waals surface area contributed by atoms with E-state index < -0.39 is 27.2 Å². The van der Waals surface area contributed by atoms with Gasteiger partial charge in [-0.2, -0.15) is 4.31 Å². The number of aliphatic hydroxyl groups is 1. The van der Waals surface area contributed by atoms with Crippen LogP contribution in [0.15, 0.2) is 48.5 Å². The second-order valence-corrected chi connectivity index (χ2v) is 11.2. The van der Waals surface area contributed by atoms with Crippen LogP contribution in [0.5, 0.6) is 0 Å². The Morgan fingerprint density at radius 1 is 1.06 bits per heavy atom. The van der Waals surface area contributed by atoms with Gasteiger partial charge in [0.25, 0.3) is 5.91 Å². The van der Waals surface area contributed by atoms with Crippen molar-refractivity contribution in [2.75, 3.05) is 37.6 Å². The Kier molecular flexibility index (Phi) is 7.54. The highest BCUT2D eigenvalue weighted by Crippen LogP contribution is 2.35. The van der Waals surface area contributed by atoms with Gasteiger partial charge in [-0.1, -0.05) is 42.8 Å². The summed E-state index contributed by atoms with van der Waals surface area (Å²) in [6.45, 7) is 3.84. The van der Waals surface area contributed by atoms with Gasteiger partial charge in [-0.05, 0) is 37.5 Å². The van der Waals surface area contributed by atoms with Crippen molar-refractivity contribution in [3.05, 3.63) is 65.5 Å². The van der Waals surface area contributed by atoms with Crippen molar-refractivity contribution in [3.63, 3.8) is 0 Å². The first-order chi connectivity index (χ1) is 16.3. The molecular weight excluding hydrogens is 457 g/mol. The zero-order chi connectivity index (χ0) is 24.3. The predicted molar refractivity (Wildman–Crippen MR) is 129 cm³/mol. The number of hydrogen-bond donors (Lipinski definition) is 1. The Bertz CT molecular complexity index is 1100. The van der Waals surface area contributed by atoms with E-state index in [9.17, 15) is 18.3 Å². The van der Waals surface area contributed by atoms with Gasteiger partial charge >= 0.3 is 0 Å². The highest BCUT2D eigenvalue weighted by Gasteiger charge is 2.35. The van der Waals surface area contributed by atoms with Gasteiger partial charge in [-0.15, -0.1) is 0 Å². The first kappa shape index (κ1) is 24.6. The summed E-state index contributed by atoms with van der Waals surface area (Å²) in [5.74, 6) is -0.732. The number of carbonyl (C=O) groups is 1. The number of amides is 1. The quantitative estimate of drug-likeness (QED) is 0.699. The number of piperazine rings is 1. The molecule has 2 heterocycles. The molecule has 2 fully saturated rings. The lowest BCUT2D eigenvalue weighted by Gasteiger charge is -2.36. The van der Waals surface area contributed by atoms with Gasteiger partial charge in [0.1, 0.15) is 17.2 Å². The average Bonchev–Trinajstić information content (AvgIpc) is 2.98. The van der Waals surface area contributed by atoms with E-state index >= 15 is 4.39 Å². The fourth-order valence-electron chi connectivity index (χ4n) is 4.75. The van der Waals surface area contributed by atoms with Crippen LogP contribution in [0.3, 0.4) is 0 Å². The van der Waals surface area contributed by atoms with Crippen molar-refractivity contribution < 1.29 is 22.7 Å². The summed E-state index contributed by atoms with van der Waals surface area (Å²) in [6, 6.07) is 14.2. The minimum atomic E-state index is -3.62. The highest BCUT2D eigenvalue weighted by molar-refractivity contribution is 7.89. The topological polar surface area (TPSA) is 81.2 Å². The van der Waals surface area contributed by atoms with Crippen LogP contribution in [0.2, 0.25) is 0 Å². The summed E-state index contributed by atoms with van der Waals surface area (Å²) < 4.78 is 43.4. The number of sulfonamides is 1. The molecule has 0 saturated carbocycles. The van der Waals surface area contributed by atoms with Crippen LogP contribution in [0.25, 0.3) is 0 Å². The molecule has 7 nitrogen and oxygen atoms in total. The smallest absolute Gasteiger partial charge is 0.251 e. The van der Waals surface area contributed by atoms with Crippen LogP contribution in [0, 0.1) is 5.82 Å². The molecular formula is C25H32FN3O4S. The molecule has 2 aliphatic rings. The lowest BCUT2D eigenvalue weighted by Crippen LogP contribution is -2.51. The molecule has 2 aromatic rings. The molecule has 4 rings (SSSR count). The third-order valence-electron chi connectivity index (χ3n) is 6.71. The fraction of sp³-hybridized carbons (Fsp3) is 0.480. The van der Waals surface area contributed by atoms with E-state index in [0.717, 1.165) is 18.4 Å². The number of halogens is 1. The molecule has 2 saturated heterocycles. The zero-order valence-electron chi connectivity index (χ0n) is 19.4. The number of benzene rings is 2. The molecule has 0 spiro atoms. The third-order valence-corrected chi connectivity index (χ3v) is 8.97. The van der Waals surface area contributed by atoms with E-state index in [1.54, 1.807) is 11.0 Å². The SMILES string of the molecule is CC(O)C(=O)N1CCN(c2ccc(CN3CCCCC(c4ccccc4)S3(=O)=O)c(F)c2)CC1. The molecule has 9 heteroatoms. The largest absolute Gasteiger partial charge is 0.384 e. The van der Waals surface area contributed by atoms with Crippen molar-refractivity contribution in [2.45, 2.75) is 44.1 Å². The maximum Gasteiger partial charge on any atom is 0.251 e. The Labute approximate surface area is 200 Å². The van der Waals surface area contributed by atoms with E-state index in [1.807, 2.05) is 41.3 Å². The molecule has 184 valence electrons. The first-order valence-corrected chi connectivity index (χ1v) is 13.3. The lowest BCUT2D eigenvalue weighted by atomic mass is 10.1. The second-order valence-electron chi connectivity index (χ2n) is 9.04. The van der Waals surface area contributed by atoms with Crippen LogP contribution in [-0.2, 0) is 21.4 Å². The molecule has 0 radical (unpaired) electrons. The Balaban J connectivity index is 1.47. The zero-order valence-corrected chi connectivity index (χ0v) is 20.3. The number of anilines is 1. The van der Waals surface area contributed by atoms with Gasteiger partial charge < -0.3 is 14.9 Å². The predicted octanol–water partition coefficient (Wildman–Crippen LogP) is 2.91. The summed E-state index contributed by atoms with van der Waals surface area (Å²) >= 11 is 0. The minimum absolute atomic E-state index is 0.00838. The van der Waals surface area contributed by atoms with Crippen molar-refractivity contribution in [1.82, 2.24) is 9.21 Å². The molecule has 1 amide bonds. The maximum absolute atomic E-state index is 15.1. The van der Waals surface area contributed by atoms with Gasteiger partial charge in [0.05, 0.1) is 0 Å². The average molecular weight is 490 g/mol. The van der Waals surface area contributed by atoms with Crippen LogP contribution in [0.1, 0.15) is 42.6 Å². The molecule has 2 unspecified atom stereocenters. The molecule has 2 aromatic carbocycles. The number of aliphatic hydroxyl groups excluding tert-OH is 1. The highest BCUT2D eigenvalue weighted by atomic mass is 32.2. The number of carbonyl (C=O) groups excluding carboxylic acids is 1. The van der Waals surface area contributed by atoms with Crippen molar-refractivity contribution in [2.24, 2.45) is 0 Å². The van der Waals surface area contributed by atoms with Gasteiger partial charge in [-0.25, -0.2) is 12.8 Å². The Morgan fingerprint density at radius 3 is 2.41 bits per heavy atom. The number of rotatable bonds is 5. The van der Waals surface area contributed by atoms with E-state index in [4.69, 9.17) is 0 Å². The Morgan fingerprint density at radius 2 is 1.76 bits per heavy atom. The van der Waals surface area contributed by atoms with E-state index in [2.05, 4.69) is 0 Å². The van der Waals surface area contributed by atoms with Crippen LogP contribution >= 0.6 is 0 Å². The molecule has 0 bridgehead atoms. The first-order valence-electron chi connectivity index (χ1n) is 11.8. The third kappa shape index (κ3) is 5.26. The molecule has 2 atom stereocenters. The molecule has 0 aromatic heterocycles. The summed E-state index contributed by atoms with van der Waals surface area (Å²) in [4.78, 5) is 15.6. The molecule has 34 heavy (non-hydrogen) atoms. The van der Waals surface area contributed by atoms with E-state index in [1.165, 1.54) is 17.3 Å². The minimum Gasteiger partial charge on any atom is -0.384 e. The fourth-order valence-corrected chi connectivity index (χ4v) is 6.78. The van der Waals surface area contributed by atoms with Crippen LogP contribution < -0.4 is 4.90 Å². The summed E-state index contributed by atoms with van der Waals surface area (Å²) in [7, 11) is -3.62. The second kappa shape index (κ2) is 10.4. The standard InChI is InChI=1S/C25H32FN3O4S/c1-19(30)25(31)28-15-13-27(14-16-28)22-11-10-21(23(26)17-22)18-29-12-6-5-9-24(34(29,32)33)20-7-3-2-4-8-20/h2-4,7-8,10-11,17,19,24,30H,5-6,9,12-16,18H2,1H3. The van der Waals surface area contributed by atoms with E-state index in [0.29, 0.717) is 50.4 Å². The van der Waals surface area contributed by atoms with Gasteiger partial charge in [0.15, 0.2) is 0 Å². The van der Waals surface area contributed by atoms with Crippen molar-refractivity contribution in [3.8, 4) is 0 Å². The molecule has 2 aliphatic heterocycles. The maximum atomic E-state index is 15.1. The summed E-state index contributed by atoms with van der Waals surface area (Å²) in [5, 5.41) is 8.88. The van der Waals surface area contributed by atoms with Gasteiger partial charge in [0, 0.05) is 50.5 Å². The van der Waals surface area contributed by atoms with Crippen molar-refractivity contribution >= 4 is 21.6 Å².